The number of alkyl halides is 3. The van der Waals surface area contributed by atoms with Crippen LogP contribution in [-0.4, -0.2) is 41.0 Å². The molecule has 1 unspecified atom stereocenters. The molecule has 1 saturated carbocycles. The Hall–Kier alpha value is -0.820. The zero-order chi connectivity index (χ0) is 13.3. The van der Waals surface area contributed by atoms with Crippen LogP contribution in [0.3, 0.4) is 0 Å². The summed E-state index contributed by atoms with van der Waals surface area (Å²) in [5.74, 6) is -2.76. The van der Waals surface area contributed by atoms with E-state index in [4.69, 9.17) is 9.90 Å². The molecule has 7 heteroatoms. The minimum atomic E-state index is -5.08. The lowest BCUT2D eigenvalue weighted by Gasteiger charge is -2.34. The van der Waals surface area contributed by atoms with E-state index in [1.165, 1.54) is 12.8 Å². The molecule has 0 aromatic rings. The van der Waals surface area contributed by atoms with Gasteiger partial charge in [0.1, 0.15) is 0 Å². The van der Waals surface area contributed by atoms with E-state index < -0.39 is 17.7 Å². The molecular weight excluding hydrogens is 239 g/mol. The van der Waals surface area contributed by atoms with Gasteiger partial charge in [0, 0.05) is 13.1 Å². The van der Waals surface area contributed by atoms with Crippen LogP contribution in [0.1, 0.15) is 26.2 Å². The van der Waals surface area contributed by atoms with Crippen molar-refractivity contribution >= 4 is 5.97 Å². The molecule has 2 aliphatic rings. The van der Waals surface area contributed by atoms with E-state index in [2.05, 4.69) is 5.32 Å². The first-order valence-corrected chi connectivity index (χ1v) is 5.30. The number of rotatable bonds is 0. The van der Waals surface area contributed by atoms with Crippen molar-refractivity contribution in [2.45, 2.75) is 38.0 Å². The highest BCUT2D eigenvalue weighted by atomic mass is 19.4. The molecule has 1 heterocycles. The number of halogens is 3. The summed E-state index contributed by atoms with van der Waals surface area (Å²) in [7, 11) is 0. The van der Waals surface area contributed by atoms with Crippen molar-refractivity contribution in [2.24, 2.45) is 5.41 Å². The fraction of sp³-hybridized carbons (Fsp3) is 0.900. The lowest BCUT2D eigenvalue weighted by atomic mass is 9.86. The minimum Gasteiger partial charge on any atom is -0.475 e. The van der Waals surface area contributed by atoms with Crippen molar-refractivity contribution in [2.75, 3.05) is 13.1 Å². The van der Waals surface area contributed by atoms with E-state index in [0.717, 1.165) is 19.5 Å². The van der Waals surface area contributed by atoms with Crippen molar-refractivity contribution in [1.82, 2.24) is 5.32 Å². The lowest BCUT2D eigenvalue weighted by molar-refractivity contribution is -0.192. The van der Waals surface area contributed by atoms with E-state index in [0.29, 0.717) is 5.41 Å². The number of carboxylic acids is 1. The number of nitrogens with one attached hydrogen (secondary N) is 1. The maximum absolute atomic E-state index is 10.6. The highest BCUT2D eigenvalue weighted by Gasteiger charge is 2.49. The monoisotopic (exact) mass is 255 g/mol. The molecule has 2 fully saturated rings. The van der Waals surface area contributed by atoms with Crippen molar-refractivity contribution in [3.8, 4) is 0 Å². The summed E-state index contributed by atoms with van der Waals surface area (Å²) in [5.41, 5.74) is 0.0660. The van der Waals surface area contributed by atoms with Crippen LogP contribution in [-0.2, 0) is 4.79 Å². The number of hydrogen-bond acceptors (Lipinski definition) is 3. The second-order valence-electron chi connectivity index (χ2n) is 5.08. The van der Waals surface area contributed by atoms with E-state index in [-0.39, 0.29) is 0 Å². The Labute approximate surface area is 96.8 Å². The summed E-state index contributed by atoms with van der Waals surface area (Å²) in [6.45, 7) is 3.83. The van der Waals surface area contributed by atoms with Crippen LogP contribution in [0.25, 0.3) is 0 Å². The van der Waals surface area contributed by atoms with Gasteiger partial charge in [-0.3, -0.25) is 0 Å². The second-order valence-corrected chi connectivity index (χ2v) is 5.08. The Morgan fingerprint density at radius 1 is 1.29 bits per heavy atom. The normalized spacial score (nSPS) is 30.4. The zero-order valence-corrected chi connectivity index (χ0v) is 9.47. The number of aliphatic hydroxyl groups is 1. The Bertz CT molecular complexity index is 294. The Morgan fingerprint density at radius 3 is 2.00 bits per heavy atom. The SMILES string of the molecule is CC1(O)CNCC2(CC2)C1.O=C(O)C(F)(F)F. The van der Waals surface area contributed by atoms with Gasteiger partial charge in [0.05, 0.1) is 5.60 Å². The number of β-amino-alcohol motifs (C(OH)–C–C–N with tert-alkyl or cyclic N) is 1. The van der Waals surface area contributed by atoms with Gasteiger partial charge in [-0.05, 0) is 31.6 Å². The molecule has 0 aromatic heterocycles. The van der Waals surface area contributed by atoms with E-state index in [9.17, 15) is 18.3 Å². The molecule has 1 atom stereocenters. The van der Waals surface area contributed by atoms with Crippen molar-refractivity contribution in [1.29, 1.82) is 0 Å². The average Bonchev–Trinajstić information content (AvgIpc) is 2.81. The van der Waals surface area contributed by atoms with Crippen LogP contribution in [0.15, 0.2) is 0 Å². The Morgan fingerprint density at radius 2 is 1.76 bits per heavy atom. The molecule has 2 rings (SSSR count). The van der Waals surface area contributed by atoms with E-state index >= 15 is 0 Å². The third-order valence-electron chi connectivity index (χ3n) is 2.96. The molecule has 0 aromatic carbocycles. The molecule has 0 radical (unpaired) electrons. The summed E-state index contributed by atoms with van der Waals surface area (Å²) in [6, 6.07) is 0. The molecule has 1 spiro atoms. The fourth-order valence-corrected chi connectivity index (χ4v) is 2.06. The topological polar surface area (TPSA) is 69.6 Å². The van der Waals surface area contributed by atoms with Crippen LogP contribution in [0.5, 0.6) is 0 Å². The highest BCUT2D eigenvalue weighted by molar-refractivity contribution is 5.73. The van der Waals surface area contributed by atoms with Crippen molar-refractivity contribution in [3.05, 3.63) is 0 Å². The maximum Gasteiger partial charge on any atom is 0.490 e. The van der Waals surface area contributed by atoms with Crippen LogP contribution in [0.2, 0.25) is 0 Å². The molecular formula is C10H16F3NO3. The fourth-order valence-electron chi connectivity index (χ4n) is 2.06. The summed E-state index contributed by atoms with van der Waals surface area (Å²) in [6.07, 6.45) is -1.45. The molecule has 17 heavy (non-hydrogen) atoms. The summed E-state index contributed by atoms with van der Waals surface area (Å²) in [4.78, 5) is 8.90. The van der Waals surface area contributed by atoms with Crippen LogP contribution < -0.4 is 5.32 Å². The van der Waals surface area contributed by atoms with Crippen molar-refractivity contribution in [3.63, 3.8) is 0 Å². The largest absolute Gasteiger partial charge is 0.490 e. The van der Waals surface area contributed by atoms with Gasteiger partial charge in [-0.1, -0.05) is 0 Å². The van der Waals surface area contributed by atoms with Gasteiger partial charge in [-0.2, -0.15) is 13.2 Å². The van der Waals surface area contributed by atoms with Crippen LogP contribution in [0.4, 0.5) is 13.2 Å². The first kappa shape index (κ1) is 14.2. The first-order chi connectivity index (χ1) is 7.56. The molecule has 1 saturated heterocycles. The predicted molar refractivity (Wildman–Crippen MR) is 53.5 cm³/mol. The summed E-state index contributed by atoms with van der Waals surface area (Å²) < 4.78 is 31.7. The van der Waals surface area contributed by atoms with Crippen LogP contribution in [0, 0.1) is 5.41 Å². The third kappa shape index (κ3) is 4.51. The summed E-state index contributed by atoms with van der Waals surface area (Å²) in [5, 5.41) is 20.1. The standard InChI is InChI=1S/C8H15NO.C2HF3O2/c1-7(10)4-8(2-3-8)6-9-5-7;3-2(4,5)1(6)7/h9-10H,2-6H2,1H3;(H,6,7). The third-order valence-corrected chi connectivity index (χ3v) is 2.96. The smallest absolute Gasteiger partial charge is 0.475 e. The van der Waals surface area contributed by atoms with Gasteiger partial charge in [0.25, 0.3) is 0 Å². The van der Waals surface area contributed by atoms with Gasteiger partial charge in [0.2, 0.25) is 0 Å². The number of hydrogen-bond donors (Lipinski definition) is 3. The Kier molecular flexibility index (Phi) is 3.73. The van der Waals surface area contributed by atoms with Crippen molar-refractivity contribution < 1.29 is 28.2 Å². The van der Waals surface area contributed by atoms with Gasteiger partial charge < -0.3 is 15.5 Å². The molecule has 0 amide bonds. The molecule has 3 N–H and O–H groups in total. The van der Waals surface area contributed by atoms with Gasteiger partial charge >= 0.3 is 12.1 Å². The number of piperidine rings is 1. The summed E-state index contributed by atoms with van der Waals surface area (Å²) >= 11 is 0. The highest BCUT2D eigenvalue weighted by Crippen LogP contribution is 2.52. The quantitative estimate of drug-likeness (QED) is 0.607. The molecule has 1 aliphatic carbocycles. The Balaban J connectivity index is 0.000000185. The second kappa shape index (κ2) is 4.45. The number of aliphatic carboxylic acids is 1. The number of carboxylic acid groups (broad SMARTS) is 1. The average molecular weight is 255 g/mol. The van der Waals surface area contributed by atoms with E-state index in [1.807, 2.05) is 6.92 Å². The molecule has 0 bridgehead atoms. The van der Waals surface area contributed by atoms with Gasteiger partial charge in [0.15, 0.2) is 0 Å². The molecule has 100 valence electrons. The minimum absolute atomic E-state index is 0.436. The predicted octanol–water partition coefficient (Wildman–Crippen LogP) is 1.14. The lowest BCUT2D eigenvalue weighted by Crippen LogP contribution is -2.48. The molecule has 4 nitrogen and oxygen atoms in total. The first-order valence-electron chi connectivity index (χ1n) is 5.30. The molecule has 1 aliphatic heterocycles. The van der Waals surface area contributed by atoms with Gasteiger partial charge in [-0.15, -0.1) is 0 Å². The maximum atomic E-state index is 10.6. The van der Waals surface area contributed by atoms with Crippen LogP contribution >= 0.6 is 0 Å². The zero-order valence-electron chi connectivity index (χ0n) is 9.47. The number of carbonyl (C=O) groups is 1. The van der Waals surface area contributed by atoms with Gasteiger partial charge in [-0.25, -0.2) is 4.79 Å². The van der Waals surface area contributed by atoms with E-state index in [1.54, 1.807) is 0 Å².